The lowest BCUT2D eigenvalue weighted by Gasteiger charge is -2.32. The van der Waals surface area contributed by atoms with Crippen molar-refractivity contribution in [2.45, 2.75) is 45.6 Å². The van der Waals surface area contributed by atoms with Crippen LogP contribution in [-0.2, 0) is 4.79 Å². The first-order valence-electron chi connectivity index (χ1n) is 7.16. The molecule has 5 heteroatoms. The maximum absolute atomic E-state index is 12.5. The Balaban J connectivity index is 2.59. The number of carboxylic acid groups (broad SMARTS) is 1. The Bertz CT molecular complexity index is 383. The highest BCUT2D eigenvalue weighted by Crippen LogP contribution is 2.30. The molecule has 0 aliphatic heterocycles. The first kappa shape index (κ1) is 16.4. The van der Waals surface area contributed by atoms with Crippen molar-refractivity contribution in [3.8, 4) is 12.3 Å². The maximum Gasteiger partial charge on any atom is 0.321 e. The molecule has 0 aromatic rings. The van der Waals surface area contributed by atoms with Gasteiger partial charge in [-0.2, -0.15) is 0 Å². The molecule has 0 radical (unpaired) electrons. The summed E-state index contributed by atoms with van der Waals surface area (Å²) in [6, 6.07) is -0.0361. The van der Waals surface area contributed by atoms with Crippen LogP contribution in [0.2, 0.25) is 0 Å². The van der Waals surface area contributed by atoms with Gasteiger partial charge in [-0.15, -0.1) is 6.42 Å². The minimum atomic E-state index is -0.834. The average Bonchev–Trinajstić information content (AvgIpc) is 3.16. The average molecular weight is 280 g/mol. The summed E-state index contributed by atoms with van der Waals surface area (Å²) in [5, 5.41) is 8.68. The van der Waals surface area contributed by atoms with Crippen LogP contribution in [-0.4, -0.2) is 52.6 Å². The van der Waals surface area contributed by atoms with Crippen molar-refractivity contribution >= 4 is 12.0 Å². The minimum absolute atomic E-state index is 0.0378. The lowest BCUT2D eigenvalue weighted by atomic mass is 10.2. The van der Waals surface area contributed by atoms with E-state index in [1.807, 2.05) is 13.8 Å². The predicted molar refractivity (Wildman–Crippen MR) is 77.2 cm³/mol. The summed E-state index contributed by atoms with van der Waals surface area (Å²) in [6.07, 6.45) is 8.21. The second-order valence-electron chi connectivity index (χ2n) is 5.60. The number of terminal acetylenes is 1. The molecule has 1 fully saturated rings. The van der Waals surface area contributed by atoms with Gasteiger partial charge >= 0.3 is 12.0 Å². The summed E-state index contributed by atoms with van der Waals surface area (Å²) in [5.74, 6) is 2.28. The van der Waals surface area contributed by atoms with Crippen molar-refractivity contribution in [1.29, 1.82) is 0 Å². The van der Waals surface area contributed by atoms with E-state index in [-0.39, 0.29) is 18.5 Å². The minimum Gasteiger partial charge on any atom is -0.481 e. The molecule has 0 heterocycles. The second-order valence-corrected chi connectivity index (χ2v) is 5.60. The third-order valence-electron chi connectivity index (χ3n) is 3.39. The zero-order chi connectivity index (χ0) is 15.1. The predicted octanol–water partition coefficient (Wildman–Crippen LogP) is 2.03. The fraction of sp³-hybridized carbons (Fsp3) is 0.733. The highest BCUT2D eigenvalue weighted by Gasteiger charge is 2.29. The third kappa shape index (κ3) is 5.52. The monoisotopic (exact) mass is 280 g/mol. The second kappa shape index (κ2) is 7.78. The Hall–Kier alpha value is -1.70. The molecule has 1 rings (SSSR count). The number of nitrogens with zero attached hydrogens (tertiary/aromatic N) is 2. The number of urea groups is 1. The Labute approximate surface area is 120 Å². The van der Waals surface area contributed by atoms with Crippen LogP contribution in [0.4, 0.5) is 4.79 Å². The van der Waals surface area contributed by atoms with Crippen LogP contribution in [0.15, 0.2) is 0 Å². The Morgan fingerprint density at radius 2 is 2.05 bits per heavy atom. The standard InChI is InChI=1S/C15H24N2O3/c1-4-9-16(11-13-7-8-13)15(20)17(12(2)3)10-5-6-14(18)19/h1,12-13H,5-11H2,2-3H3,(H,18,19). The van der Waals surface area contributed by atoms with E-state index in [0.717, 1.165) is 12.8 Å². The van der Waals surface area contributed by atoms with E-state index >= 15 is 0 Å². The van der Waals surface area contributed by atoms with Gasteiger partial charge < -0.3 is 14.9 Å². The Morgan fingerprint density at radius 1 is 1.40 bits per heavy atom. The third-order valence-corrected chi connectivity index (χ3v) is 3.39. The van der Waals surface area contributed by atoms with Crippen molar-refractivity contribution in [1.82, 2.24) is 9.80 Å². The molecule has 20 heavy (non-hydrogen) atoms. The first-order chi connectivity index (χ1) is 9.45. The number of aliphatic carboxylic acids is 1. The van der Waals surface area contributed by atoms with Gasteiger partial charge in [0.25, 0.3) is 0 Å². The number of carbonyl (C=O) groups is 2. The molecule has 5 nitrogen and oxygen atoms in total. The molecule has 0 aromatic heterocycles. The number of carbonyl (C=O) groups excluding carboxylic acids is 1. The van der Waals surface area contributed by atoms with Gasteiger partial charge in [-0.1, -0.05) is 5.92 Å². The van der Waals surface area contributed by atoms with Crippen LogP contribution in [0.5, 0.6) is 0 Å². The van der Waals surface area contributed by atoms with Gasteiger partial charge in [-0.25, -0.2) is 4.79 Å². The number of hydrogen-bond acceptors (Lipinski definition) is 2. The lowest BCUT2D eigenvalue weighted by Crippen LogP contribution is -2.47. The molecule has 0 atom stereocenters. The number of carboxylic acids is 1. The summed E-state index contributed by atoms with van der Waals surface area (Å²) in [7, 11) is 0. The highest BCUT2D eigenvalue weighted by atomic mass is 16.4. The van der Waals surface area contributed by atoms with Gasteiger partial charge in [0.05, 0.1) is 6.54 Å². The van der Waals surface area contributed by atoms with E-state index in [1.54, 1.807) is 9.80 Å². The largest absolute Gasteiger partial charge is 0.481 e. The van der Waals surface area contributed by atoms with Gasteiger partial charge in [-0.3, -0.25) is 4.79 Å². The summed E-state index contributed by atoms with van der Waals surface area (Å²) in [5.41, 5.74) is 0. The molecular formula is C15H24N2O3. The van der Waals surface area contributed by atoms with Crippen molar-refractivity contribution in [3.63, 3.8) is 0 Å². The molecule has 1 aliphatic carbocycles. The summed E-state index contributed by atoms with van der Waals surface area (Å²) >= 11 is 0. The molecular weight excluding hydrogens is 256 g/mol. The molecule has 1 N–H and O–H groups in total. The molecule has 112 valence electrons. The van der Waals surface area contributed by atoms with Gasteiger partial charge in [0.1, 0.15) is 0 Å². The van der Waals surface area contributed by atoms with Gasteiger partial charge in [0.2, 0.25) is 0 Å². The molecule has 1 saturated carbocycles. The van der Waals surface area contributed by atoms with E-state index in [0.29, 0.717) is 32.0 Å². The topological polar surface area (TPSA) is 60.9 Å². The van der Waals surface area contributed by atoms with Crippen molar-refractivity contribution in [2.75, 3.05) is 19.6 Å². The Morgan fingerprint density at radius 3 is 2.50 bits per heavy atom. The van der Waals surface area contributed by atoms with Crippen LogP contribution >= 0.6 is 0 Å². The van der Waals surface area contributed by atoms with Crippen LogP contribution in [0.25, 0.3) is 0 Å². The van der Waals surface area contributed by atoms with Crippen molar-refractivity contribution < 1.29 is 14.7 Å². The van der Waals surface area contributed by atoms with Crippen LogP contribution < -0.4 is 0 Å². The fourth-order valence-electron chi connectivity index (χ4n) is 2.09. The quantitative estimate of drug-likeness (QED) is 0.692. The molecule has 0 bridgehead atoms. The highest BCUT2D eigenvalue weighted by molar-refractivity contribution is 5.75. The molecule has 2 amide bonds. The van der Waals surface area contributed by atoms with E-state index in [9.17, 15) is 9.59 Å². The van der Waals surface area contributed by atoms with Crippen molar-refractivity contribution in [2.24, 2.45) is 5.92 Å². The summed E-state index contributed by atoms with van der Waals surface area (Å²) in [4.78, 5) is 26.5. The lowest BCUT2D eigenvalue weighted by molar-refractivity contribution is -0.137. The molecule has 0 unspecified atom stereocenters. The van der Waals surface area contributed by atoms with Gasteiger partial charge in [-0.05, 0) is 39.0 Å². The first-order valence-corrected chi connectivity index (χ1v) is 7.16. The van der Waals surface area contributed by atoms with Crippen molar-refractivity contribution in [3.05, 3.63) is 0 Å². The number of hydrogen-bond donors (Lipinski definition) is 1. The van der Waals surface area contributed by atoms with E-state index in [4.69, 9.17) is 11.5 Å². The van der Waals surface area contributed by atoms with E-state index in [2.05, 4.69) is 5.92 Å². The van der Waals surface area contributed by atoms with Gasteiger partial charge in [0.15, 0.2) is 0 Å². The SMILES string of the molecule is C#CCN(CC1CC1)C(=O)N(CCCC(=O)O)C(C)C. The molecule has 0 saturated heterocycles. The Kier molecular flexibility index (Phi) is 6.37. The zero-order valence-corrected chi connectivity index (χ0v) is 12.3. The molecule has 0 spiro atoms. The molecule has 0 aromatic carbocycles. The summed E-state index contributed by atoms with van der Waals surface area (Å²) in [6.45, 7) is 5.35. The van der Waals surface area contributed by atoms with Crippen LogP contribution in [0.3, 0.4) is 0 Å². The maximum atomic E-state index is 12.5. The zero-order valence-electron chi connectivity index (χ0n) is 12.3. The van der Waals surface area contributed by atoms with Gasteiger partial charge in [0, 0.05) is 25.6 Å². The van der Waals surface area contributed by atoms with Crippen LogP contribution in [0.1, 0.15) is 39.5 Å². The van der Waals surface area contributed by atoms with Crippen LogP contribution in [0, 0.1) is 18.3 Å². The molecule has 1 aliphatic rings. The van der Waals surface area contributed by atoms with E-state index < -0.39 is 5.97 Å². The van der Waals surface area contributed by atoms with E-state index in [1.165, 1.54) is 0 Å². The number of amides is 2. The normalized spacial score (nSPS) is 13.9. The number of rotatable bonds is 8. The smallest absolute Gasteiger partial charge is 0.321 e. The fourth-order valence-corrected chi connectivity index (χ4v) is 2.09. The summed E-state index contributed by atoms with van der Waals surface area (Å²) < 4.78 is 0.